The highest BCUT2D eigenvalue weighted by Crippen LogP contribution is 2.36. The second-order valence-corrected chi connectivity index (χ2v) is 8.70. The summed E-state index contributed by atoms with van der Waals surface area (Å²) in [5, 5.41) is 0. The van der Waals surface area contributed by atoms with E-state index in [0.29, 0.717) is 16.4 Å². The molecular weight excluding hydrogens is 282 g/mol. The van der Waals surface area contributed by atoms with Crippen molar-refractivity contribution < 1.29 is 23.5 Å². The standard InChI is InChI=1S/C17H32NO4/c1-12(2)13-9-18(13,10-14(19)21-16(3,4)5)11-15(20)22-17(6,7)8/h12-13H,9-11H2,1-8H3/q+1/t13-/m1/s1. The molecule has 0 aromatic carbocycles. The molecule has 1 saturated heterocycles. The molecule has 0 unspecified atom stereocenters. The van der Waals surface area contributed by atoms with E-state index < -0.39 is 11.2 Å². The lowest BCUT2D eigenvalue weighted by Crippen LogP contribution is -2.44. The van der Waals surface area contributed by atoms with Gasteiger partial charge in [0, 0.05) is 5.92 Å². The van der Waals surface area contributed by atoms with Crippen LogP contribution in [0.1, 0.15) is 55.4 Å². The summed E-state index contributed by atoms with van der Waals surface area (Å²) < 4.78 is 11.3. The zero-order valence-corrected chi connectivity index (χ0v) is 15.4. The van der Waals surface area contributed by atoms with Gasteiger partial charge in [0.2, 0.25) is 0 Å². The molecule has 1 aliphatic heterocycles. The van der Waals surface area contributed by atoms with Crippen molar-refractivity contribution in [3.05, 3.63) is 0 Å². The van der Waals surface area contributed by atoms with Gasteiger partial charge in [0.1, 0.15) is 23.8 Å². The van der Waals surface area contributed by atoms with Gasteiger partial charge >= 0.3 is 11.9 Å². The highest BCUT2D eigenvalue weighted by atomic mass is 16.6. The van der Waals surface area contributed by atoms with Gasteiger partial charge in [0.15, 0.2) is 13.1 Å². The minimum atomic E-state index is -0.504. The summed E-state index contributed by atoms with van der Waals surface area (Å²) in [6.07, 6.45) is 0. The Morgan fingerprint density at radius 2 is 1.32 bits per heavy atom. The molecule has 128 valence electrons. The first-order valence-corrected chi connectivity index (χ1v) is 8.04. The second-order valence-electron chi connectivity index (χ2n) is 8.70. The van der Waals surface area contributed by atoms with Crippen LogP contribution in [-0.4, -0.2) is 53.3 Å². The average Bonchev–Trinajstić information content (AvgIpc) is 2.84. The number of quaternary nitrogens is 1. The zero-order valence-electron chi connectivity index (χ0n) is 15.4. The Balaban J connectivity index is 2.73. The number of esters is 2. The average molecular weight is 314 g/mol. The first kappa shape index (κ1) is 18.9. The highest BCUT2D eigenvalue weighted by Gasteiger charge is 2.59. The van der Waals surface area contributed by atoms with Crippen molar-refractivity contribution >= 4 is 11.9 Å². The third-order valence-corrected chi connectivity index (χ3v) is 3.62. The molecule has 1 aliphatic rings. The predicted molar refractivity (Wildman–Crippen MR) is 85.2 cm³/mol. The molecule has 1 atom stereocenters. The Morgan fingerprint density at radius 3 is 1.55 bits per heavy atom. The topological polar surface area (TPSA) is 52.6 Å². The first-order valence-electron chi connectivity index (χ1n) is 8.04. The van der Waals surface area contributed by atoms with Crippen LogP contribution in [0.5, 0.6) is 0 Å². The van der Waals surface area contributed by atoms with Crippen LogP contribution in [0.25, 0.3) is 0 Å². The predicted octanol–water partition coefficient (Wildman–Crippen LogP) is 2.52. The number of hydrogen-bond acceptors (Lipinski definition) is 4. The van der Waals surface area contributed by atoms with Gasteiger partial charge in [-0.3, -0.25) is 4.48 Å². The van der Waals surface area contributed by atoms with Crippen molar-refractivity contribution in [2.75, 3.05) is 19.6 Å². The van der Waals surface area contributed by atoms with Gasteiger partial charge in [0.25, 0.3) is 0 Å². The molecule has 0 amide bonds. The fraction of sp³-hybridized carbons (Fsp3) is 0.882. The Kier molecular flexibility index (Phi) is 5.33. The van der Waals surface area contributed by atoms with Gasteiger partial charge in [0.05, 0.1) is 0 Å². The lowest BCUT2D eigenvalue weighted by Gasteiger charge is -2.26. The van der Waals surface area contributed by atoms with E-state index >= 15 is 0 Å². The van der Waals surface area contributed by atoms with Gasteiger partial charge < -0.3 is 9.47 Å². The van der Waals surface area contributed by atoms with E-state index in [9.17, 15) is 9.59 Å². The number of carbonyl (C=O) groups excluding carboxylic acids is 2. The lowest BCUT2D eigenvalue weighted by atomic mass is 10.1. The normalized spacial score (nSPS) is 20.7. The summed E-state index contributed by atoms with van der Waals surface area (Å²) in [5.41, 5.74) is -1.01. The van der Waals surface area contributed by atoms with E-state index in [0.717, 1.165) is 6.54 Å². The SMILES string of the molecule is CC(C)[C@H]1C[N+]1(CC(=O)OC(C)(C)C)CC(=O)OC(C)(C)C. The van der Waals surface area contributed by atoms with Crippen molar-refractivity contribution in [2.45, 2.75) is 72.6 Å². The van der Waals surface area contributed by atoms with Gasteiger partial charge in [-0.15, -0.1) is 0 Å². The van der Waals surface area contributed by atoms with E-state index in [-0.39, 0.29) is 25.0 Å². The molecule has 1 rings (SSSR count). The molecule has 0 aliphatic carbocycles. The molecule has 0 N–H and O–H groups in total. The molecule has 0 saturated carbocycles. The van der Waals surface area contributed by atoms with Crippen LogP contribution in [0.15, 0.2) is 0 Å². The summed E-state index contributed by atoms with van der Waals surface area (Å²) in [6, 6.07) is 0.319. The summed E-state index contributed by atoms with van der Waals surface area (Å²) in [5.74, 6) is -0.0803. The molecule has 0 spiro atoms. The van der Waals surface area contributed by atoms with Gasteiger partial charge in [-0.2, -0.15) is 0 Å². The maximum absolute atomic E-state index is 12.2. The number of ether oxygens (including phenoxy) is 2. The quantitative estimate of drug-likeness (QED) is 0.444. The Morgan fingerprint density at radius 1 is 0.955 bits per heavy atom. The fourth-order valence-electron chi connectivity index (χ4n) is 2.85. The molecule has 1 fully saturated rings. The van der Waals surface area contributed by atoms with Gasteiger partial charge in [-0.05, 0) is 41.5 Å². The Labute approximate surface area is 134 Å². The minimum absolute atomic E-state index is 0.235. The maximum Gasteiger partial charge on any atom is 0.362 e. The van der Waals surface area contributed by atoms with Crippen LogP contribution in [0, 0.1) is 5.92 Å². The number of nitrogens with zero attached hydrogens (tertiary/aromatic N) is 1. The third-order valence-electron chi connectivity index (χ3n) is 3.62. The zero-order chi connectivity index (χ0) is 17.3. The minimum Gasteiger partial charge on any atom is -0.456 e. The molecule has 0 bridgehead atoms. The van der Waals surface area contributed by atoms with Crippen LogP contribution in [-0.2, 0) is 19.1 Å². The maximum atomic E-state index is 12.2. The summed E-state index contributed by atoms with van der Waals surface area (Å²) >= 11 is 0. The molecule has 5 nitrogen and oxygen atoms in total. The molecular formula is C17H32NO4+. The molecule has 22 heavy (non-hydrogen) atoms. The van der Waals surface area contributed by atoms with E-state index in [1.165, 1.54) is 0 Å². The largest absolute Gasteiger partial charge is 0.456 e. The van der Waals surface area contributed by atoms with Crippen LogP contribution >= 0.6 is 0 Å². The molecule has 5 heteroatoms. The number of carbonyl (C=O) groups is 2. The fourth-order valence-corrected chi connectivity index (χ4v) is 2.85. The Hall–Kier alpha value is -1.10. The van der Waals surface area contributed by atoms with E-state index in [1.807, 2.05) is 41.5 Å². The summed E-state index contributed by atoms with van der Waals surface area (Å²) in [6.45, 7) is 16.7. The highest BCUT2D eigenvalue weighted by molar-refractivity contribution is 5.74. The molecule has 0 radical (unpaired) electrons. The van der Waals surface area contributed by atoms with Crippen molar-refractivity contribution in [3.8, 4) is 0 Å². The van der Waals surface area contributed by atoms with Gasteiger partial charge in [-0.25, -0.2) is 9.59 Å². The van der Waals surface area contributed by atoms with Crippen molar-refractivity contribution in [1.82, 2.24) is 0 Å². The molecule has 0 aromatic heterocycles. The van der Waals surface area contributed by atoms with Gasteiger partial charge in [-0.1, -0.05) is 13.8 Å². The Bertz CT molecular complexity index is 399. The molecule has 1 heterocycles. The van der Waals surface area contributed by atoms with Crippen LogP contribution in [0.4, 0.5) is 0 Å². The summed E-state index contributed by atoms with van der Waals surface area (Å²) in [4.78, 5) is 24.3. The smallest absolute Gasteiger partial charge is 0.362 e. The summed E-state index contributed by atoms with van der Waals surface area (Å²) in [7, 11) is 0. The van der Waals surface area contributed by atoms with E-state index in [2.05, 4.69) is 13.8 Å². The molecule has 0 aromatic rings. The van der Waals surface area contributed by atoms with Crippen LogP contribution < -0.4 is 0 Å². The monoisotopic (exact) mass is 314 g/mol. The number of hydrogen-bond donors (Lipinski definition) is 0. The van der Waals surface area contributed by atoms with Crippen molar-refractivity contribution in [3.63, 3.8) is 0 Å². The third kappa shape index (κ3) is 5.95. The van der Waals surface area contributed by atoms with E-state index in [1.54, 1.807) is 0 Å². The van der Waals surface area contributed by atoms with Crippen molar-refractivity contribution in [2.24, 2.45) is 5.92 Å². The first-order chi connectivity index (χ1) is 9.74. The number of rotatable bonds is 5. The van der Waals surface area contributed by atoms with Crippen LogP contribution in [0.3, 0.4) is 0 Å². The van der Waals surface area contributed by atoms with Crippen molar-refractivity contribution in [1.29, 1.82) is 0 Å². The van der Waals surface area contributed by atoms with E-state index in [4.69, 9.17) is 9.47 Å². The second kappa shape index (κ2) is 6.19. The van der Waals surface area contributed by atoms with Crippen LogP contribution in [0.2, 0.25) is 0 Å². The lowest BCUT2D eigenvalue weighted by molar-refractivity contribution is -0.800.